The summed E-state index contributed by atoms with van der Waals surface area (Å²) in [6, 6.07) is -15.6. The zero-order chi connectivity index (χ0) is 67.1. The van der Waals surface area contributed by atoms with E-state index in [0.29, 0.717) is 6.42 Å². The quantitative estimate of drug-likeness (QED) is 0.0117. The number of nitrogens with one attached hydrogen (secondary N) is 7. The molecule has 2 saturated heterocycles. The number of nitrogens with two attached hydrogens (primary N) is 11. The largest absolute Gasteiger partial charge is 0.481 e. The predicted molar refractivity (Wildman–Crippen MR) is 322 cm³/mol. The number of carbonyl (C=O) groups is 13. The Morgan fingerprint density at radius 1 is 0.427 bits per heavy atom. The topological polar surface area (TPSA) is 689 Å². The number of carbonyl (C=O) groups excluding carboxylic acids is 11. The molecule has 0 radical (unpaired) electrons. The number of guanidine groups is 4. The highest BCUT2D eigenvalue weighted by Crippen LogP contribution is 2.22. The van der Waals surface area contributed by atoms with Crippen LogP contribution in [0.1, 0.15) is 96.3 Å². The molecule has 2 aliphatic heterocycles. The van der Waals surface area contributed by atoms with Gasteiger partial charge in [0.25, 0.3) is 0 Å². The van der Waals surface area contributed by atoms with Crippen molar-refractivity contribution < 1.29 is 72.5 Å². The summed E-state index contributed by atoms with van der Waals surface area (Å²) in [6.45, 7) is -0.278. The first-order valence-corrected chi connectivity index (χ1v) is 28.8. The Labute approximate surface area is 516 Å². The maximum absolute atomic E-state index is 14.4. The van der Waals surface area contributed by atoms with Crippen LogP contribution in [-0.4, -0.2) is 226 Å². The fraction of sp³-hybridized carbons (Fsp3) is 0.653. The minimum Gasteiger partial charge on any atom is -0.481 e. The number of hydrogen-bond acceptors (Lipinski definition) is 19. The number of rotatable bonds is 40. The molecule has 0 aromatic heterocycles. The van der Waals surface area contributed by atoms with Crippen LogP contribution in [0.25, 0.3) is 0 Å². The monoisotopic (exact) mass is 1280 g/mol. The number of likely N-dealkylation sites (tertiary alicyclic amines) is 2. The van der Waals surface area contributed by atoms with Crippen LogP contribution in [0, 0.1) is 0 Å². The first-order chi connectivity index (χ1) is 41.9. The maximum atomic E-state index is 14.4. The number of carboxylic acid groups (broad SMARTS) is 2. The molecule has 2 fully saturated rings. The molecular formula is C49H86N24O15S. The van der Waals surface area contributed by atoms with Crippen LogP contribution in [0.3, 0.4) is 0 Å². The van der Waals surface area contributed by atoms with E-state index in [1.807, 2.05) is 0 Å². The zero-order valence-corrected chi connectivity index (χ0v) is 49.9. The van der Waals surface area contributed by atoms with Gasteiger partial charge in [0.15, 0.2) is 23.8 Å². The summed E-state index contributed by atoms with van der Waals surface area (Å²) in [5.41, 5.74) is 60.4. The van der Waals surface area contributed by atoms with E-state index in [-0.39, 0.29) is 139 Å². The second kappa shape index (κ2) is 38.6. The molecule has 89 heavy (non-hydrogen) atoms. The Morgan fingerprint density at radius 3 is 1.12 bits per heavy atom. The standard InChI is InChI=1S/C49H86N24O15S/c50-23(22-89)36(78)65-24(7-1-13-61-46(53)54)39(81)71-30(20-34(52)75)44(86)72-17-5-11-31(72)42(84)70-29(21-35(76)77)41(83)69-28(19-33(51)74)40(82)67-25(8-2-14-62-47(55)56)37(79)66-26(9-3-15-63-48(57)58)38(80)68-27(10-4-16-64-49(59)60)43(85)73-18-6-12-32(73)45(87)88/h23-32,89H,1-22,50H2,(H2,51,74)(H2,52,75)(H,65,78)(H,66,79)(H,67,82)(H,68,80)(H,69,83)(H,70,84)(H,71,81)(H,76,77)(H,87,88)(H4,53,54,61)(H4,55,56,62)(H4,57,58,63)(H4,59,60,64)/t23-,24-,25-,26-,27-,28-,29-,30-,31-,32-/m0/s1. The molecule has 0 aromatic carbocycles. The van der Waals surface area contributed by atoms with E-state index in [1.165, 1.54) is 0 Å². The Kier molecular flexibility index (Phi) is 32.8. The lowest BCUT2D eigenvalue weighted by Crippen LogP contribution is -2.61. The van der Waals surface area contributed by atoms with Crippen LogP contribution in [0.15, 0.2) is 20.0 Å². The molecule has 10 atom stereocenters. The van der Waals surface area contributed by atoms with E-state index in [9.17, 15) is 72.5 Å². The summed E-state index contributed by atoms with van der Waals surface area (Å²) in [7, 11) is 0. The number of aliphatic carboxylic acids is 2. The third kappa shape index (κ3) is 27.8. The highest BCUT2D eigenvalue weighted by molar-refractivity contribution is 7.80. The smallest absolute Gasteiger partial charge is 0.326 e. The fourth-order valence-corrected chi connectivity index (χ4v) is 9.42. The van der Waals surface area contributed by atoms with Gasteiger partial charge >= 0.3 is 11.9 Å². The molecule has 0 bridgehead atoms. The average molecular weight is 1280 g/mol. The van der Waals surface area contributed by atoms with Gasteiger partial charge in [0.05, 0.1) is 25.3 Å². The fourth-order valence-electron chi connectivity index (χ4n) is 9.26. The Morgan fingerprint density at radius 2 is 0.742 bits per heavy atom. The highest BCUT2D eigenvalue weighted by Gasteiger charge is 2.42. The third-order valence-electron chi connectivity index (χ3n) is 13.6. The molecule has 2 aliphatic rings. The molecule has 0 aliphatic carbocycles. The van der Waals surface area contributed by atoms with E-state index in [1.54, 1.807) is 0 Å². The maximum Gasteiger partial charge on any atom is 0.326 e. The van der Waals surface area contributed by atoms with Crippen LogP contribution in [0.5, 0.6) is 0 Å². The lowest BCUT2D eigenvalue weighted by molar-refractivity contribution is -0.149. The molecule has 39 nitrogen and oxygen atoms in total. The molecule has 2 heterocycles. The lowest BCUT2D eigenvalue weighted by atomic mass is 10.0. The van der Waals surface area contributed by atoms with Gasteiger partial charge in [0.1, 0.15) is 54.4 Å². The summed E-state index contributed by atoms with van der Waals surface area (Å²) in [4.78, 5) is 192. The van der Waals surface area contributed by atoms with E-state index in [0.717, 1.165) is 9.80 Å². The lowest BCUT2D eigenvalue weighted by Gasteiger charge is -2.30. The predicted octanol–water partition coefficient (Wildman–Crippen LogP) is -10.9. The molecule has 0 unspecified atom stereocenters. The van der Waals surface area contributed by atoms with Gasteiger partial charge < -0.3 is 120 Å². The van der Waals surface area contributed by atoms with Gasteiger partial charge in [0.2, 0.25) is 65.0 Å². The second-order valence-electron chi connectivity index (χ2n) is 20.7. The number of carboxylic acids is 2. The van der Waals surface area contributed by atoms with Crippen molar-refractivity contribution in [1.82, 2.24) is 47.0 Å². The number of hydrogen-bond donors (Lipinski definition) is 21. The molecule has 11 amide bonds. The molecule has 2 rings (SSSR count). The van der Waals surface area contributed by atoms with Gasteiger partial charge in [-0.2, -0.15) is 12.6 Å². The van der Waals surface area contributed by atoms with Crippen molar-refractivity contribution in [2.75, 3.05) is 45.0 Å². The average Bonchev–Trinajstić information content (AvgIpc) is 2.19. The molecular weight excluding hydrogens is 1200 g/mol. The molecule has 0 spiro atoms. The Hall–Kier alpha value is -9.50. The Balaban J connectivity index is 2.51. The molecule has 31 N–H and O–H groups in total. The van der Waals surface area contributed by atoms with Crippen molar-refractivity contribution in [1.29, 1.82) is 0 Å². The van der Waals surface area contributed by atoms with Crippen LogP contribution in [-0.2, 0) is 62.3 Å². The number of primary amides is 2. The van der Waals surface area contributed by atoms with Crippen LogP contribution in [0.2, 0.25) is 0 Å². The van der Waals surface area contributed by atoms with Gasteiger partial charge in [-0.1, -0.05) is 0 Å². The Bertz CT molecular complexity index is 2650. The summed E-state index contributed by atoms with van der Waals surface area (Å²) in [6.07, 6.45) is -2.98. The van der Waals surface area contributed by atoms with E-state index < -0.39 is 157 Å². The number of thiol groups is 1. The second-order valence-corrected chi connectivity index (χ2v) is 21.0. The van der Waals surface area contributed by atoms with Crippen LogP contribution in [0.4, 0.5) is 0 Å². The van der Waals surface area contributed by atoms with Crippen molar-refractivity contribution in [2.24, 2.45) is 83.0 Å². The molecule has 40 heteroatoms. The third-order valence-corrected chi connectivity index (χ3v) is 14.0. The van der Waals surface area contributed by atoms with Gasteiger partial charge in [-0.3, -0.25) is 77.5 Å². The summed E-state index contributed by atoms with van der Waals surface area (Å²) < 4.78 is 0. The van der Waals surface area contributed by atoms with Gasteiger partial charge in [-0.05, 0) is 77.0 Å². The highest BCUT2D eigenvalue weighted by atomic mass is 32.1. The minimum atomic E-state index is -2.06. The van der Waals surface area contributed by atoms with E-state index >= 15 is 0 Å². The number of amides is 11. The van der Waals surface area contributed by atoms with Crippen LogP contribution >= 0.6 is 12.6 Å². The summed E-state index contributed by atoms with van der Waals surface area (Å²) in [5, 5.41) is 36.5. The van der Waals surface area contributed by atoms with Crippen molar-refractivity contribution in [3.63, 3.8) is 0 Å². The SMILES string of the molecule is NC(=O)C[C@H](NC(=O)[C@H](CC(=O)O)NC(=O)[C@@H]1CCCN1C(=O)[C@H](CC(N)=O)NC(=O)[C@H](CCCN=C(N)N)NC(=O)[C@@H](N)CS)C(=O)N[C@@H](CCCN=C(N)N)C(=O)N[C@@H](CCCN=C(N)N)C(=O)N[C@@H](CCCN=C(N)N)C(=O)N1CCC[C@H]1C(=O)O. The van der Waals surface area contributed by atoms with Gasteiger partial charge in [-0.15, -0.1) is 0 Å². The zero-order valence-electron chi connectivity index (χ0n) is 49.0. The number of aliphatic imine (C=N–C) groups is 4. The first kappa shape index (κ1) is 75.6. The van der Waals surface area contributed by atoms with Crippen molar-refractivity contribution in [3.8, 4) is 0 Å². The minimum absolute atomic E-state index is 0.00922. The van der Waals surface area contributed by atoms with Gasteiger partial charge in [-0.25, -0.2) is 4.79 Å². The molecule has 0 saturated carbocycles. The summed E-state index contributed by atoms with van der Waals surface area (Å²) >= 11 is 4.00. The van der Waals surface area contributed by atoms with Crippen molar-refractivity contribution in [2.45, 2.75) is 157 Å². The van der Waals surface area contributed by atoms with Crippen molar-refractivity contribution in [3.05, 3.63) is 0 Å². The normalized spacial score (nSPS) is 16.9. The number of nitrogens with zero attached hydrogens (tertiary/aromatic N) is 6. The summed E-state index contributed by atoms with van der Waals surface area (Å²) in [5.74, 6) is -15.9. The van der Waals surface area contributed by atoms with Crippen LogP contribution < -0.4 is 100 Å². The first-order valence-electron chi connectivity index (χ1n) is 28.2. The van der Waals surface area contributed by atoms with E-state index in [2.05, 4.69) is 69.8 Å². The molecule has 498 valence electrons. The molecule has 0 aromatic rings. The van der Waals surface area contributed by atoms with E-state index in [4.69, 9.17) is 63.1 Å². The van der Waals surface area contributed by atoms with Crippen molar-refractivity contribution >= 4 is 113 Å². The van der Waals surface area contributed by atoms with Gasteiger partial charge in [0, 0.05) is 45.0 Å².